The second-order valence-corrected chi connectivity index (χ2v) is 6.93. The molecule has 0 radical (unpaired) electrons. The molecule has 0 aliphatic carbocycles. The predicted molar refractivity (Wildman–Crippen MR) is 60.8 cm³/mol. The Morgan fingerprint density at radius 1 is 1.47 bits per heavy atom. The third-order valence-electron chi connectivity index (χ3n) is 2.69. The van der Waals surface area contributed by atoms with Crippen molar-refractivity contribution in [2.24, 2.45) is 0 Å². The van der Waals surface area contributed by atoms with E-state index in [1.54, 1.807) is 13.8 Å². The van der Waals surface area contributed by atoms with Crippen molar-refractivity contribution >= 4 is 9.84 Å². The number of piperidine rings is 1. The highest BCUT2D eigenvalue weighted by Gasteiger charge is 2.18. The zero-order valence-corrected chi connectivity index (χ0v) is 10.3. The molecule has 0 unspecified atom stereocenters. The van der Waals surface area contributed by atoms with Gasteiger partial charge in [0.2, 0.25) is 0 Å². The van der Waals surface area contributed by atoms with Crippen molar-refractivity contribution in [3.8, 4) is 0 Å². The van der Waals surface area contributed by atoms with E-state index in [0.29, 0.717) is 6.61 Å². The first-order valence-corrected chi connectivity index (χ1v) is 7.28. The Labute approximate surface area is 92.3 Å². The van der Waals surface area contributed by atoms with Crippen LogP contribution in [0.25, 0.3) is 0 Å². The van der Waals surface area contributed by atoms with Crippen molar-refractivity contribution < 1.29 is 13.2 Å². The van der Waals surface area contributed by atoms with Gasteiger partial charge in [-0.05, 0) is 33.2 Å². The maximum absolute atomic E-state index is 11.5. The van der Waals surface area contributed by atoms with Gasteiger partial charge in [0.25, 0.3) is 0 Å². The predicted octanol–water partition coefficient (Wildman–Crippen LogP) is 0.578. The molecule has 1 rings (SSSR count). The number of hydrogen-bond donors (Lipinski definition) is 1. The van der Waals surface area contributed by atoms with E-state index < -0.39 is 9.84 Å². The third-order valence-corrected chi connectivity index (χ3v) is 4.86. The van der Waals surface area contributed by atoms with Gasteiger partial charge in [0.15, 0.2) is 9.84 Å². The molecular formula is C10H21NO3S. The number of rotatable bonds is 5. The lowest BCUT2D eigenvalue weighted by molar-refractivity contribution is 0.0468. The van der Waals surface area contributed by atoms with Crippen LogP contribution < -0.4 is 5.32 Å². The van der Waals surface area contributed by atoms with Crippen molar-refractivity contribution in [2.45, 2.75) is 38.0 Å². The lowest BCUT2D eigenvalue weighted by Crippen LogP contribution is -2.36. The second-order valence-electron chi connectivity index (χ2n) is 4.25. The van der Waals surface area contributed by atoms with Crippen LogP contribution in [0.1, 0.15) is 26.7 Å². The summed E-state index contributed by atoms with van der Waals surface area (Å²) in [5, 5.41) is 2.93. The monoisotopic (exact) mass is 235 g/mol. The van der Waals surface area contributed by atoms with E-state index >= 15 is 0 Å². The smallest absolute Gasteiger partial charge is 0.154 e. The molecule has 1 fully saturated rings. The number of nitrogens with one attached hydrogen (secondary N) is 1. The fraction of sp³-hybridized carbons (Fsp3) is 1.00. The van der Waals surface area contributed by atoms with E-state index in [1.165, 1.54) is 0 Å². The average molecular weight is 235 g/mol. The van der Waals surface area contributed by atoms with E-state index in [9.17, 15) is 8.42 Å². The van der Waals surface area contributed by atoms with Gasteiger partial charge in [-0.1, -0.05) is 0 Å². The van der Waals surface area contributed by atoms with Gasteiger partial charge in [-0.15, -0.1) is 0 Å². The summed E-state index contributed by atoms with van der Waals surface area (Å²) in [7, 11) is -2.94. The number of hydrogen-bond acceptors (Lipinski definition) is 4. The normalized spacial score (nSPS) is 23.3. The molecule has 4 nitrogen and oxygen atoms in total. The Bertz CT molecular complexity index is 268. The van der Waals surface area contributed by atoms with Crippen LogP contribution in [0.5, 0.6) is 0 Å². The van der Waals surface area contributed by atoms with Crippen molar-refractivity contribution in [3.63, 3.8) is 0 Å². The topological polar surface area (TPSA) is 55.4 Å². The summed E-state index contributed by atoms with van der Waals surface area (Å²) in [5.74, 6) is 0.140. The van der Waals surface area contributed by atoms with Crippen LogP contribution in [-0.4, -0.2) is 45.2 Å². The maximum Gasteiger partial charge on any atom is 0.154 e. The maximum atomic E-state index is 11.5. The Morgan fingerprint density at radius 2 is 2.20 bits per heavy atom. The molecule has 0 amide bonds. The summed E-state index contributed by atoms with van der Waals surface area (Å²) in [4.78, 5) is 0. The SMILES string of the molecule is CC(C)S(=O)(=O)CCO[C@H]1CCCNC1. The Morgan fingerprint density at radius 3 is 2.73 bits per heavy atom. The van der Waals surface area contributed by atoms with Crippen LogP contribution in [0.3, 0.4) is 0 Å². The highest BCUT2D eigenvalue weighted by molar-refractivity contribution is 7.91. The molecule has 0 spiro atoms. The molecule has 90 valence electrons. The molecule has 0 aromatic heterocycles. The van der Waals surface area contributed by atoms with Crippen LogP contribution in [-0.2, 0) is 14.6 Å². The summed E-state index contributed by atoms with van der Waals surface area (Å²) in [5.41, 5.74) is 0. The van der Waals surface area contributed by atoms with E-state index in [1.807, 2.05) is 0 Å². The Hall–Kier alpha value is -0.130. The molecule has 1 atom stereocenters. The van der Waals surface area contributed by atoms with Crippen molar-refractivity contribution in [1.82, 2.24) is 5.32 Å². The highest BCUT2D eigenvalue weighted by atomic mass is 32.2. The summed E-state index contributed by atoms with van der Waals surface area (Å²) in [6, 6.07) is 0. The van der Waals surface area contributed by atoms with Gasteiger partial charge >= 0.3 is 0 Å². The average Bonchev–Trinajstić information content (AvgIpc) is 2.19. The minimum atomic E-state index is -2.94. The Balaban J connectivity index is 2.20. The molecule has 0 aromatic rings. The van der Waals surface area contributed by atoms with Crippen LogP contribution >= 0.6 is 0 Å². The molecule has 0 aromatic carbocycles. The molecule has 1 saturated heterocycles. The first-order valence-electron chi connectivity index (χ1n) is 5.56. The minimum absolute atomic E-state index is 0.140. The van der Waals surface area contributed by atoms with Gasteiger partial charge in [-0.25, -0.2) is 8.42 Å². The third kappa shape index (κ3) is 4.49. The molecule has 5 heteroatoms. The van der Waals surface area contributed by atoms with E-state index in [0.717, 1.165) is 25.9 Å². The number of ether oxygens (including phenoxy) is 1. The number of sulfone groups is 1. The van der Waals surface area contributed by atoms with Crippen LogP contribution in [0.4, 0.5) is 0 Å². The van der Waals surface area contributed by atoms with E-state index in [4.69, 9.17) is 4.74 Å². The molecule has 1 aliphatic rings. The van der Waals surface area contributed by atoms with Crippen molar-refractivity contribution in [3.05, 3.63) is 0 Å². The highest BCUT2D eigenvalue weighted by Crippen LogP contribution is 2.07. The van der Waals surface area contributed by atoms with Gasteiger partial charge in [-0.2, -0.15) is 0 Å². The fourth-order valence-electron chi connectivity index (χ4n) is 1.53. The van der Waals surface area contributed by atoms with Gasteiger partial charge in [0, 0.05) is 6.54 Å². The molecule has 0 saturated carbocycles. The quantitative estimate of drug-likeness (QED) is 0.757. The molecule has 1 N–H and O–H groups in total. The lowest BCUT2D eigenvalue weighted by Gasteiger charge is -2.23. The van der Waals surface area contributed by atoms with Gasteiger partial charge < -0.3 is 10.1 Å². The summed E-state index contributed by atoms with van der Waals surface area (Å²) in [6.07, 6.45) is 2.34. The van der Waals surface area contributed by atoms with E-state index in [-0.39, 0.29) is 17.1 Å². The van der Waals surface area contributed by atoms with Gasteiger partial charge in [0.1, 0.15) is 0 Å². The fourth-order valence-corrected chi connectivity index (χ4v) is 2.33. The van der Waals surface area contributed by atoms with Crippen molar-refractivity contribution in [2.75, 3.05) is 25.4 Å². The second kappa shape index (κ2) is 5.82. The standard InChI is InChI=1S/C10H21NO3S/c1-9(2)15(12,13)7-6-14-10-4-3-5-11-8-10/h9-11H,3-8H2,1-2H3/t10-/m0/s1. The van der Waals surface area contributed by atoms with E-state index in [2.05, 4.69) is 5.32 Å². The Kier molecular flexibility index (Phi) is 5.02. The van der Waals surface area contributed by atoms with Crippen LogP contribution in [0.2, 0.25) is 0 Å². The molecule has 15 heavy (non-hydrogen) atoms. The molecule has 1 heterocycles. The van der Waals surface area contributed by atoms with Gasteiger partial charge in [0.05, 0.1) is 23.7 Å². The molecule has 0 bridgehead atoms. The minimum Gasteiger partial charge on any atom is -0.376 e. The summed E-state index contributed by atoms with van der Waals surface area (Å²) in [6.45, 7) is 5.63. The van der Waals surface area contributed by atoms with Crippen LogP contribution in [0.15, 0.2) is 0 Å². The first kappa shape index (κ1) is 12.9. The lowest BCUT2D eigenvalue weighted by atomic mass is 10.1. The largest absolute Gasteiger partial charge is 0.376 e. The van der Waals surface area contributed by atoms with Crippen LogP contribution in [0, 0.1) is 0 Å². The van der Waals surface area contributed by atoms with Gasteiger partial charge in [-0.3, -0.25) is 0 Å². The first-order chi connectivity index (χ1) is 7.02. The zero-order valence-electron chi connectivity index (χ0n) is 9.53. The summed E-state index contributed by atoms with van der Waals surface area (Å²) < 4.78 is 28.5. The molecule has 1 aliphatic heterocycles. The zero-order chi connectivity index (χ0) is 11.3. The molecular weight excluding hydrogens is 214 g/mol. The van der Waals surface area contributed by atoms with Crippen molar-refractivity contribution in [1.29, 1.82) is 0 Å². The summed E-state index contributed by atoms with van der Waals surface area (Å²) >= 11 is 0.